The highest BCUT2D eigenvalue weighted by atomic mass is 16.2. The van der Waals surface area contributed by atoms with Crippen LogP contribution in [0.2, 0.25) is 0 Å². The topological polar surface area (TPSA) is 20.3 Å². The first kappa shape index (κ1) is 9.78. The van der Waals surface area contributed by atoms with Crippen molar-refractivity contribution in [3.05, 3.63) is 29.8 Å². The van der Waals surface area contributed by atoms with Gasteiger partial charge in [0.2, 0.25) is 5.91 Å². The van der Waals surface area contributed by atoms with Gasteiger partial charge in [-0.3, -0.25) is 4.79 Å². The van der Waals surface area contributed by atoms with E-state index in [2.05, 4.69) is 0 Å². The van der Waals surface area contributed by atoms with Gasteiger partial charge in [-0.2, -0.15) is 0 Å². The fourth-order valence-corrected chi connectivity index (χ4v) is 1.40. The maximum Gasteiger partial charge on any atom is 0.231 e. The van der Waals surface area contributed by atoms with Crippen LogP contribution in [0.3, 0.4) is 0 Å². The Morgan fingerprint density at radius 1 is 1.23 bits per heavy atom. The minimum absolute atomic E-state index is 0.186. The van der Waals surface area contributed by atoms with E-state index in [0.717, 1.165) is 11.3 Å². The Morgan fingerprint density at radius 3 is 2.46 bits per heavy atom. The lowest BCUT2D eigenvalue weighted by molar-refractivity contribution is -0.117. The number of hydrogen-bond donors (Lipinski definition) is 0. The Morgan fingerprint density at radius 2 is 1.85 bits per heavy atom. The molecule has 1 aliphatic rings. The Balaban J connectivity index is 0.000000396. The Bertz CT molecular complexity index is 307. The van der Waals surface area contributed by atoms with E-state index in [0.29, 0.717) is 6.42 Å². The summed E-state index contributed by atoms with van der Waals surface area (Å²) < 4.78 is 0. The quantitative estimate of drug-likeness (QED) is 0.595. The third kappa shape index (κ3) is 1.72. The molecule has 0 aliphatic carbocycles. The Labute approximate surface area is 79.2 Å². The largest absolute Gasteiger partial charge is 0.315 e. The molecule has 2 nitrogen and oxygen atoms in total. The van der Waals surface area contributed by atoms with Crippen molar-refractivity contribution in [1.29, 1.82) is 0 Å². The summed E-state index contributed by atoms with van der Waals surface area (Å²) in [7, 11) is 1.81. The van der Waals surface area contributed by atoms with Crippen LogP contribution in [0.25, 0.3) is 0 Å². The monoisotopic (exact) mass is 177 g/mol. The summed E-state index contributed by atoms with van der Waals surface area (Å²) in [4.78, 5) is 12.9. The summed E-state index contributed by atoms with van der Waals surface area (Å²) in [6.45, 7) is 4.00. The molecule has 0 N–H and O–H groups in total. The average molecular weight is 177 g/mol. The van der Waals surface area contributed by atoms with E-state index in [1.807, 2.05) is 45.2 Å². The van der Waals surface area contributed by atoms with Crippen molar-refractivity contribution in [2.75, 3.05) is 11.9 Å². The van der Waals surface area contributed by atoms with E-state index in [4.69, 9.17) is 0 Å². The normalized spacial score (nSPS) is 13.5. The van der Waals surface area contributed by atoms with Crippen LogP contribution in [0.1, 0.15) is 19.4 Å². The summed E-state index contributed by atoms with van der Waals surface area (Å²) in [6.07, 6.45) is 0.562. The summed E-state index contributed by atoms with van der Waals surface area (Å²) in [5, 5.41) is 0. The molecule has 2 heteroatoms. The van der Waals surface area contributed by atoms with Crippen LogP contribution in [-0.2, 0) is 11.2 Å². The summed E-state index contributed by atoms with van der Waals surface area (Å²) >= 11 is 0. The first-order chi connectivity index (χ1) is 6.29. The first-order valence-corrected chi connectivity index (χ1v) is 4.63. The van der Waals surface area contributed by atoms with E-state index in [1.54, 1.807) is 4.90 Å². The van der Waals surface area contributed by atoms with Crippen molar-refractivity contribution in [3.8, 4) is 0 Å². The fourth-order valence-electron chi connectivity index (χ4n) is 1.40. The van der Waals surface area contributed by atoms with Crippen molar-refractivity contribution in [2.24, 2.45) is 0 Å². The van der Waals surface area contributed by atoms with Gasteiger partial charge in [0, 0.05) is 12.7 Å². The molecule has 1 aromatic carbocycles. The maximum atomic E-state index is 11.2. The number of hydrogen-bond acceptors (Lipinski definition) is 1. The van der Waals surface area contributed by atoms with Gasteiger partial charge < -0.3 is 4.90 Å². The maximum absolute atomic E-state index is 11.2. The highest BCUT2D eigenvalue weighted by molar-refractivity contribution is 6.00. The fraction of sp³-hybridized carbons (Fsp3) is 0.364. The predicted molar refractivity (Wildman–Crippen MR) is 54.9 cm³/mol. The number of likely N-dealkylation sites (N-methyl/N-ethyl adjacent to an activating group) is 1. The van der Waals surface area contributed by atoms with Gasteiger partial charge in [-0.25, -0.2) is 0 Å². The van der Waals surface area contributed by atoms with Crippen molar-refractivity contribution < 1.29 is 4.79 Å². The van der Waals surface area contributed by atoms with E-state index in [1.165, 1.54) is 0 Å². The van der Waals surface area contributed by atoms with E-state index < -0.39 is 0 Å². The molecule has 0 radical (unpaired) electrons. The molecule has 0 fully saturated rings. The van der Waals surface area contributed by atoms with Gasteiger partial charge in [0.1, 0.15) is 0 Å². The number of rotatable bonds is 0. The van der Waals surface area contributed by atoms with Crippen molar-refractivity contribution in [1.82, 2.24) is 0 Å². The Kier molecular flexibility index (Phi) is 3.07. The second-order valence-electron chi connectivity index (χ2n) is 2.76. The zero-order valence-electron chi connectivity index (χ0n) is 8.37. The average Bonchev–Trinajstić information content (AvgIpc) is 2.47. The van der Waals surface area contributed by atoms with Gasteiger partial charge in [-0.05, 0) is 11.6 Å². The summed E-state index contributed by atoms with van der Waals surface area (Å²) in [6, 6.07) is 7.89. The van der Waals surface area contributed by atoms with E-state index in [-0.39, 0.29) is 5.91 Å². The van der Waals surface area contributed by atoms with Crippen LogP contribution in [0.4, 0.5) is 5.69 Å². The molecular formula is C11H15NO. The standard InChI is InChI=1S/C9H9NO.C2H6/c1-10-8-5-3-2-4-7(8)6-9(10)11;1-2/h2-5H,6H2,1H3;1-2H3. The molecule has 1 amide bonds. The van der Waals surface area contributed by atoms with Crippen molar-refractivity contribution >= 4 is 11.6 Å². The molecule has 0 atom stereocenters. The van der Waals surface area contributed by atoms with Crippen molar-refractivity contribution in [2.45, 2.75) is 20.3 Å². The molecule has 2 rings (SSSR count). The van der Waals surface area contributed by atoms with Gasteiger partial charge >= 0.3 is 0 Å². The lowest BCUT2D eigenvalue weighted by Crippen LogP contribution is -2.20. The van der Waals surface area contributed by atoms with Crippen LogP contribution < -0.4 is 4.90 Å². The molecule has 0 saturated carbocycles. The number of amides is 1. The molecular weight excluding hydrogens is 162 g/mol. The van der Waals surface area contributed by atoms with Crippen LogP contribution in [0.15, 0.2) is 24.3 Å². The number of carbonyl (C=O) groups excluding carboxylic acids is 1. The minimum atomic E-state index is 0.186. The SMILES string of the molecule is CC.CN1C(=O)Cc2ccccc21. The third-order valence-corrected chi connectivity index (χ3v) is 2.07. The molecule has 0 bridgehead atoms. The van der Waals surface area contributed by atoms with Gasteiger partial charge in [0.05, 0.1) is 6.42 Å². The molecule has 0 spiro atoms. The third-order valence-electron chi connectivity index (χ3n) is 2.07. The number of benzene rings is 1. The molecule has 0 unspecified atom stereocenters. The highest BCUT2D eigenvalue weighted by Crippen LogP contribution is 2.26. The molecule has 1 aromatic rings. The van der Waals surface area contributed by atoms with Crippen LogP contribution >= 0.6 is 0 Å². The van der Waals surface area contributed by atoms with Crippen LogP contribution in [0.5, 0.6) is 0 Å². The lowest BCUT2D eigenvalue weighted by Gasteiger charge is -2.08. The van der Waals surface area contributed by atoms with Gasteiger partial charge in [-0.1, -0.05) is 32.0 Å². The smallest absolute Gasteiger partial charge is 0.231 e. The number of para-hydroxylation sites is 1. The van der Waals surface area contributed by atoms with Crippen LogP contribution in [-0.4, -0.2) is 13.0 Å². The van der Waals surface area contributed by atoms with Crippen LogP contribution in [0, 0.1) is 0 Å². The minimum Gasteiger partial charge on any atom is -0.315 e. The van der Waals surface area contributed by atoms with Gasteiger partial charge in [0.25, 0.3) is 0 Å². The number of carbonyl (C=O) groups is 1. The molecule has 0 aromatic heterocycles. The second-order valence-corrected chi connectivity index (χ2v) is 2.76. The summed E-state index contributed by atoms with van der Waals surface area (Å²) in [5.41, 5.74) is 2.19. The molecule has 1 aliphatic heterocycles. The van der Waals surface area contributed by atoms with E-state index >= 15 is 0 Å². The number of fused-ring (bicyclic) bond motifs is 1. The Hall–Kier alpha value is -1.31. The first-order valence-electron chi connectivity index (χ1n) is 4.63. The zero-order chi connectivity index (χ0) is 9.84. The summed E-state index contributed by atoms with van der Waals surface area (Å²) in [5.74, 6) is 0.186. The molecule has 0 saturated heterocycles. The second kappa shape index (κ2) is 4.08. The predicted octanol–water partition coefficient (Wildman–Crippen LogP) is 2.23. The highest BCUT2D eigenvalue weighted by Gasteiger charge is 2.22. The lowest BCUT2D eigenvalue weighted by atomic mass is 10.2. The van der Waals surface area contributed by atoms with E-state index in [9.17, 15) is 4.79 Å². The van der Waals surface area contributed by atoms with Crippen molar-refractivity contribution in [3.63, 3.8) is 0 Å². The molecule has 13 heavy (non-hydrogen) atoms. The number of nitrogens with zero attached hydrogens (tertiary/aromatic N) is 1. The van der Waals surface area contributed by atoms with Gasteiger partial charge in [0.15, 0.2) is 0 Å². The number of anilines is 1. The molecule has 70 valence electrons. The van der Waals surface area contributed by atoms with Gasteiger partial charge in [-0.15, -0.1) is 0 Å². The molecule has 1 heterocycles. The zero-order valence-corrected chi connectivity index (χ0v) is 8.37.